The highest BCUT2D eigenvalue weighted by atomic mass is 35.5. The van der Waals surface area contributed by atoms with Crippen molar-refractivity contribution in [3.8, 4) is 0 Å². The quantitative estimate of drug-likeness (QED) is 0.305. The van der Waals surface area contributed by atoms with Crippen LogP contribution in [0, 0.1) is 0 Å². The van der Waals surface area contributed by atoms with Gasteiger partial charge in [0.25, 0.3) is 5.91 Å². The number of nitrogens with zero attached hydrogens (tertiary/aromatic N) is 3. The van der Waals surface area contributed by atoms with Gasteiger partial charge in [-0.3, -0.25) is 4.79 Å². The van der Waals surface area contributed by atoms with E-state index < -0.39 is 0 Å². The number of methoxy groups -OCH3 is 1. The summed E-state index contributed by atoms with van der Waals surface area (Å²) in [6, 6.07) is 9.27. The lowest BCUT2D eigenvalue weighted by Gasteiger charge is -2.12. The number of benzene rings is 1. The number of hydrogen-bond donors (Lipinski definition) is 1. The molecular weight excluding hydrogens is 372 g/mol. The molecule has 0 bridgehead atoms. The van der Waals surface area contributed by atoms with Gasteiger partial charge in [0.15, 0.2) is 5.16 Å². The van der Waals surface area contributed by atoms with Crippen molar-refractivity contribution in [1.82, 2.24) is 15.3 Å². The standard InChI is InChI=1S/C18H23ClN4O2S/c1-23(2)16-11-15(19)21-18(22-16)26-12-13-6-4-7-14(10-13)17(24)20-8-5-9-25-3/h4,6-7,10-11H,5,8-9,12H2,1-3H3,(H,20,24). The molecule has 1 heterocycles. The van der Waals surface area contributed by atoms with Crippen molar-refractivity contribution in [1.29, 1.82) is 0 Å². The summed E-state index contributed by atoms with van der Waals surface area (Å²) >= 11 is 7.54. The molecule has 0 spiro atoms. The van der Waals surface area contributed by atoms with Crippen LogP contribution in [0.4, 0.5) is 5.82 Å². The van der Waals surface area contributed by atoms with E-state index in [4.69, 9.17) is 16.3 Å². The number of anilines is 1. The van der Waals surface area contributed by atoms with Gasteiger partial charge in [-0.15, -0.1) is 0 Å². The van der Waals surface area contributed by atoms with Gasteiger partial charge in [-0.05, 0) is 24.1 Å². The number of carbonyl (C=O) groups excluding carboxylic acids is 1. The Balaban J connectivity index is 1.97. The summed E-state index contributed by atoms with van der Waals surface area (Å²) < 4.78 is 4.98. The predicted octanol–water partition coefficient (Wildman–Crippen LogP) is 3.25. The minimum absolute atomic E-state index is 0.0816. The van der Waals surface area contributed by atoms with Crippen LogP contribution in [0.5, 0.6) is 0 Å². The Morgan fingerprint density at radius 3 is 2.85 bits per heavy atom. The van der Waals surface area contributed by atoms with Gasteiger partial charge in [0.1, 0.15) is 11.0 Å². The van der Waals surface area contributed by atoms with Gasteiger partial charge in [0, 0.05) is 51.7 Å². The van der Waals surface area contributed by atoms with Gasteiger partial charge in [0.05, 0.1) is 0 Å². The third kappa shape index (κ3) is 6.48. The summed E-state index contributed by atoms with van der Waals surface area (Å²) in [6.07, 6.45) is 0.790. The number of carbonyl (C=O) groups is 1. The van der Waals surface area contributed by atoms with E-state index in [1.807, 2.05) is 37.2 Å². The number of thioether (sulfide) groups is 1. The Hall–Kier alpha value is -1.83. The Kier molecular flexibility index (Phi) is 8.15. The molecule has 1 aromatic heterocycles. The summed E-state index contributed by atoms with van der Waals surface area (Å²) in [5.74, 6) is 1.33. The average molecular weight is 395 g/mol. The van der Waals surface area contributed by atoms with E-state index in [1.54, 1.807) is 19.2 Å². The van der Waals surface area contributed by atoms with Crippen molar-refractivity contribution in [2.45, 2.75) is 17.3 Å². The zero-order chi connectivity index (χ0) is 18.9. The Bertz CT molecular complexity index is 743. The number of hydrogen-bond acceptors (Lipinski definition) is 6. The number of ether oxygens (including phenoxy) is 1. The fourth-order valence-electron chi connectivity index (χ4n) is 2.15. The maximum Gasteiger partial charge on any atom is 0.251 e. The maximum atomic E-state index is 12.2. The molecule has 0 saturated carbocycles. The van der Waals surface area contributed by atoms with Crippen molar-refractivity contribution >= 4 is 35.1 Å². The first-order chi connectivity index (χ1) is 12.5. The van der Waals surface area contributed by atoms with Crippen molar-refractivity contribution < 1.29 is 9.53 Å². The molecule has 0 fully saturated rings. The Morgan fingerprint density at radius 1 is 1.31 bits per heavy atom. The smallest absolute Gasteiger partial charge is 0.251 e. The lowest BCUT2D eigenvalue weighted by molar-refractivity contribution is 0.0948. The summed E-state index contributed by atoms with van der Waals surface area (Å²) in [4.78, 5) is 22.8. The Morgan fingerprint density at radius 2 is 2.12 bits per heavy atom. The largest absolute Gasteiger partial charge is 0.385 e. The van der Waals surface area contributed by atoms with Crippen molar-refractivity contribution in [2.75, 3.05) is 39.3 Å². The van der Waals surface area contributed by atoms with E-state index in [-0.39, 0.29) is 5.91 Å². The predicted molar refractivity (Wildman–Crippen MR) is 106 cm³/mol. The van der Waals surface area contributed by atoms with Crippen LogP contribution in [0.2, 0.25) is 5.15 Å². The van der Waals surface area contributed by atoms with E-state index >= 15 is 0 Å². The third-order valence-corrected chi connectivity index (χ3v) is 4.60. The molecule has 0 aliphatic carbocycles. The third-order valence-electron chi connectivity index (χ3n) is 3.49. The van der Waals surface area contributed by atoms with E-state index in [0.717, 1.165) is 17.8 Å². The molecule has 2 aromatic rings. The van der Waals surface area contributed by atoms with Gasteiger partial charge in [-0.1, -0.05) is 35.5 Å². The molecule has 0 aliphatic rings. The SMILES string of the molecule is COCCCNC(=O)c1cccc(CSc2nc(Cl)cc(N(C)C)n2)c1. The molecule has 6 nitrogen and oxygen atoms in total. The van der Waals surface area contributed by atoms with Crippen LogP contribution in [0.1, 0.15) is 22.3 Å². The van der Waals surface area contributed by atoms with Gasteiger partial charge in [-0.2, -0.15) is 0 Å². The molecule has 1 amide bonds. The normalized spacial score (nSPS) is 10.6. The molecule has 0 aliphatic heterocycles. The molecule has 2 rings (SSSR count). The lowest BCUT2D eigenvalue weighted by Crippen LogP contribution is -2.25. The van der Waals surface area contributed by atoms with Crippen molar-refractivity contribution in [2.24, 2.45) is 0 Å². The van der Waals surface area contributed by atoms with Crippen LogP contribution in [0.3, 0.4) is 0 Å². The van der Waals surface area contributed by atoms with Crippen LogP contribution < -0.4 is 10.2 Å². The molecule has 1 N–H and O–H groups in total. The summed E-state index contributed by atoms with van der Waals surface area (Å²) in [5.41, 5.74) is 1.66. The molecule has 0 atom stereocenters. The lowest BCUT2D eigenvalue weighted by atomic mass is 10.1. The van der Waals surface area contributed by atoms with E-state index in [9.17, 15) is 4.79 Å². The first kappa shape index (κ1) is 20.5. The number of halogens is 1. The average Bonchev–Trinajstić information content (AvgIpc) is 2.63. The highest BCUT2D eigenvalue weighted by molar-refractivity contribution is 7.98. The topological polar surface area (TPSA) is 67.3 Å². The molecule has 8 heteroatoms. The molecule has 140 valence electrons. The fourth-order valence-corrected chi connectivity index (χ4v) is 3.17. The van der Waals surface area contributed by atoms with Gasteiger partial charge >= 0.3 is 0 Å². The highest BCUT2D eigenvalue weighted by Crippen LogP contribution is 2.24. The molecule has 0 unspecified atom stereocenters. The first-order valence-electron chi connectivity index (χ1n) is 8.20. The summed E-state index contributed by atoms with van der Waals surface area (Å²) in [7, 11) is 5.46. The number of amides is 1. The molecule has 1 aromatic carbocycles. The van der Waals surface area contributed by atoms with Crippen LogP contribution in [-0.2, 0) is 10.5 Å². The van der Waals surface area contributed by atoms with Gasteiger partial charge < -0.3 is 15.0 Å². The number of aromatic nitrogens is 2. The van der Waals surface area contributed by atoms with Crippen molar-refractivity contribution in [3.63, 3.8) is 0 Å². The number of nitrogens with one attached hydrogen (secondary N) is 1. The van der Waals surface area contributed by atoms with Gasteiger partial charge in [-0.25, -0.2) is 9.97 Å². The monoisotopic (exact) mass is 394 g/mol. The second kappa shape index (κ2) is 10.4. The zero-order valence-electron chi connectivity index (χ0n) is 15.2. The molecule has 0 radical (unpaired) electrons. The van der Waals surface area contributed by atoms with Crippen LogP contribution in [-0.4, -0.2) is 50.2 Å². The maximum absolute atomic E-state index is 12.2. The van der Waals surface area contributed by atoms with Crippen molar-refractivity contribution in [3.05, 3.63) is 46.6 Å². The second-order valence-electron chi connectivity index (χ2n) is 5.82. The van der Waals surface area contributed by atoms with Crippen LogP contribution in [0.25, 0.3) is 0 Å². The zero-order valence-corrected chi connectivity index (χ0v) is 16.7. The van der Waals surface area contributed by atoms with E-state index in [0.29, 0.717) is 34.8 Å². The first-order valence-corrected chi connectivity index (χ1v) is 9.56. The van der Waals surface area contributed by atoms with E-state index in [1.165, 1.54) is 11.8 Å². The highest BCUT2D eigenvalue weighted by Gasteiger charge is 2.08. The minimum Gasteiger partial charge on any atom is -0.385 e. The van der Waals surface area contributed by atoms with Crippen LogP contribution >= 0.6 is 23.4 Å². The number of rotatable bonds is 9. The Labute approximate surface area is 163 Å². The van der Waals surface area contributed by atoms with Crippen LogP contribution in [0.15, 0.2) is 35.5 Å². The molecule has 0 saturated heterocycles. The second-order valence-corrected chi connectivity index (χ2v) is 7.15. The molecular formula is C18H23ClN4O2S. The van der Waals surface area contributed by atoms with Gasteiger partial charge in [0.2, 0.25) is 0 Å². The minimum atomic E-state index is -0.0816. The summed E-state index contributed by atoms with van der Waals surface area (Å²) in [6.45, 7) is 1.22. The fraction of sp³-hybridized carbons (Fsp3) is 0.389. The summed E-state index contributed by atoms with van der Waals surface area (Å²) in [5, 5.41) is 3.91. The van der Waals surface area contributed by atoms with E-state index in [2.05, 4.69) is 15.3 Å². The molecule has 26 heavy (non-hydrogen) atoms.